The van der Waals surface area contributed by atoms with Gasteiger partial charge in [0.15, 0.2) is 5.69 Å². The van der Waals surface area contributed by atoms with Crippen LogP contribution in [0.15, 0.2) is 83.0 Å². The molecule has 4 aromatic rings. The molecule has 148 valence electrons. The molecule has 0 aliphatic rings. The van der Waals surface area contributed by atoms with Crippen molar-refractivity contribution in [3.05, 3.63) is 94.9 Å². The van der Waals surface area contributed by atoms with Gasteiger partial charge in [-0.25, -0.2) is 9.07 Å². The highest BCUT2D eigenvalue weighted by atomic mass is 19.1. The Morgan fingerprint density at radius 3 is 2.70 bits per heavy atom. The Morgan fingerprint density at radius 2 is 2.00 bits per heavy atom. The molecule has 0 aliphatic carbocycles. The van der Waals surface area contributed by atoms with E-state index in [-0.39, 0.29) is 23.2 Å². The number of nitrogens with zero attached hydrogens (tertiary/aromatic N) is 4. The van der Waals surface area contributed by atoms with Crippen molar-refractivity contribution in [1.29, 1.82) is 5.41 Å². The molecule has 2 N–H and O–H groups in total. The molecule has 8 heteroatoms. The van der Waals surface area contributed by atoms with Crippen molar-refractivity contribution in [3.63, 3.8) is 0 Å². The van der Waals surface area contributed by atoms with Crippen LogP contribution >= 0.6 is 0 Å². The molecule has 0 aliphatic heterocycles. The van der Waals surface area contributed by atoms with Crippen molar-refractivity contribution < 1.29 is 4.39 Å². The van der Waals surface area contributed by atoms with Crippen LogP contribution in [0.2, 0.25) is 0 Å². The average Bonchev–Trinajstić information content (AvgIpc) is 3.30. The van der Waals surface area contributed by atoms with Gasteiger partial charge in [-0.3, -0.25) is 14.9 Å². The summed E-state index contributed by atoms with van der Waals surface area (Å²) in [5, 5.41) is 18.3. The van der Waals surface area contributed by atoms with Gasteiger partial charge in [-0.2, -0.15) is 10.2 Å². The number of benzene rings is 2. The zero-order valence-corrected chi connectivity index (χ0v) is 15.8. The lowest BCUT2D eigenvalue weighted by molar-refractivity contribution is 0.608. The van der Waals surface area contributed by atoms with Crippen LogP contribution in [0.3, 0.4) is 0 Å². The number of nitrogens with one attached hydrogen (secondary N) is 2. The van der Waals surface area contributed by atoms with Crippen molar-refractivity contribution in [1.82, 2.24) is 20.0 Å². The summed E-state index contributed by atoms with van der Waals surface area (Å²) in [5.41, 5.74) is 2.32. The second-order valence-electron chi connectivity index (χ2n) is 6.43. The van der Waals surface area contributed by atoms with E-state index in [2.05, 4.69) is 20.3 Å². The summed E-state index contributed by atoms with van der Waals surface area (Å²) in [4.78, 5) is 16.9. The van der Waals surface area contributed by atoms with Gasteiger partial charge in [-0.15, -0.1) is 0 Å². The van der Waals surface area contributed by atoms with Crippen LogP contribution in [0, 0.1) is 11.2 Å². The van der Waals surface area contributed by atoms with Gasteiger partial charge in [-0.05, 0) is 29.8 Å². The molecule has 0 bridgehead atoms. The summed E-state index contributed by atoms with van der Waals surface area (Å²) in [6.45, 7) is 0. The SMILES string of the molecule is N=CCC(=Nc1ccccc1)c1nn(-c2ccc(-c3cn[nH]c3)cc2F)ccc1=O. The molecule has 0 radical (unpaired) electrons. The minimum Gasteiger partial charge on any atom is -0.313 e. The fourth-order valence-electron chi connectivity index (χ4n) is 2.97. The van der Waals surface area contributed by atoms with Crippen LogP contribution in [0.4, 0.5) is 10.1 Å². The minimum atomic E-state index is -0.496. The first-order chi connectivity index (χ1) is 14.7. The molecule has 0 fully saturated rings. The third kappa shape index (κ3) is 3.97. The number of halogens is 1. The van der Waals surface area contributed by atoms with Crippen LogP contribution in [-0.2, 0) is 0 Å². The molecule has 2 aromatic carbocycles. The summed E-state index contributed by atoms with van der Waals surface area (Å²) >= 11 is 0. The number of aromatic nitrogens is 4. The Hall–Kier alpha value is -4.20. The van der Waals surface area contributed by atoms with E-state index in [1.807, 2.05) is 18.2 Å². The molecule has 0 saturated heterocycles. The van der Waals surface area contributed by atoms with Crippen molar-refractivity contribution in [3.8, 4) is 16.8 Å². The first-order valence-electron chi connectivity index (χ1n) is 9.16. The molecule has 7 nitrogen and oxygen atoms in total. The van der Waals surface area contributed by atoms with Crippen LogP contribution in [0.5, 0.6) is 0 Å². The molecule has 0 spiro atoms. The Morgan fingerprint density at radius 1 is 1.17 bits per heavy atom. The molecule has 0 saturated carbocycles. The summed E-state index contributed by atoms with van der Waals surface area (Å²) in [6.07, 6.45) is 5.97. The Balaban J connectivity index is 1.77. The number of H-pyrrole nitrogens is 1. The second-order valence-corrected chi connectivity index (χ2v) is 6.43. The van der Waals surface area contributed by atoms with Gasteiger partial charge >= 0.3 is 0 Å². The molecular weight excluding hydrogens is 383 g/mol. The molecule has 4 rings (SSSR count). The van der Waals surface area contributed by atoms with Gasteiger partial charge in [-0.1, -0.05) is 24.3 Å². The summed E-state index contributed by atoms with van der Waals surface area (Å²) < 4.78 is 16.1. The average molecular weight is 400 g/mol. The molecular formula is C22H17FN6O. The Kier molecular flexibility index (Phi) is 5.38. The monoisotopic (exact) mass is 400 g/mol. The molecule has 0 amide bonds. The predicted molar refractivity (Wildman–Crippen MR) is 113 cm³/mol. The highest BCUT2D eigenvalue weighted by Gasteiger charge is 2.14. The maximum Gasteiger partial charge on any atom is 0.209 e. The zero-order chi connectivity index (χ0) is 20.9. The van der Waals surface area contributed by atoms with Gasteiger partial charge in [0.05, 0.1) is 17.6 Å². The van der Waals surface area contributed by atoms with Crippen molar-refractivity contribution in [2.45, 2.75) is 6.42 Å². The molecule has 30 heavy (non-hydrogen) atoms. The molecule has 0 atom stereocenters. The third-order valence-electron chi connectivity index (χ3n) is 4.42. The van der Waals surface area contributed by atoms with E-state index in [0.717, 1.165) is 11.8 Å². The summed E-state index contributed by atoms with van der Waals surface area (Å²) in [7, 11) is 0. The van der Waals surface area contributed by atoms with E-state index < -0.39 is 5.82 Å². The number of rotatable bonds is 6. The normalized spacial score (nSPS) is 11.4. The van der Waals surface area contributed by atoms with Gasteiger partial charge < -0.3 is 5.41 Å². The summed E-state index contributed by atoms with van der Waals surface area (Å²) in [6, 6.07) is 15.1. The lowest BCUT2D eigenvalue weighted by Gasteiger charge is -2.10. The van der Waals surface area contributed by atoms with Crippen LogP contribution in [0.1, 0.15) is 12.1 Å². The van der Waals surface area contributed by atoms with Gasteiger partial charge in [0.1, 0.15) is 11.5 Å². The van der Waals surface area contributed by atoms with E-state index >= 15 is 0 Å². The molecule has 2 heterocycles. The van der Waals surface area contributed by atoms with Crippen LogP contribution in [0.25, 0.3) is 16.8 Å². The quantitative estimate of drug-likeness (QED) is 0.480. The van der Waals surface area contributed by atoms with Crippen molar-refractivity contribution in [2.24, 2.45) is 4.99 Å². The van der Waals surface area contributed by atoms with Crippen molar-refractivity contribution in [2.75, 3.05) is 0 Å². The topological polar surface area (TPSA) is 99.8 Å². The zero-order valence-electron chi connectivity index (χ0n) is 15.8. The first-order valence-corrected chi connectivity index (χ1v) is 9.16. The highest BCUT2D eigenvalue weighted by Crippen LogP contribution is 2.22. The molecule has 0 unspecified atom stereocenters. The number of para-hydroxylation sites is 1. The fraction of sp³-hybridized carbons (Fsp3) is 0.0455. The number of hydrogen-bond donors (Lipinski definition) is 2. The molecule has 2 aromatic heterocycles. The van der Waals surface area contributed by atoms with E-state index in [4.69, 9.17) is 5.41 Å². The number of aliphatic imine (C=N–C) groups is 1. The maximum atomic E-state index is 14.8. The van der Waals surface area contributed by atoms with E-state index in [1.54, 1.807) is 36.7 Å². The second kappa shape index (κ2) is 8.44. The first kappa shape index (κ1) is 19.1. The Bertz CT molecular complexity index is 1260. The lowest BCUT2D eigenvalue weighted by Crippen LogP contribution is -2.21. The number of aromatic amines is 1. The fourth-order valence-corrected chi connectivity index (χ4v) is 2.97. The van der Waals surface area contributed by atoms with Crippen molar-refractivity contribution >= 4 is 17.6 Å². The standard InChI is InChI=1S/C22H17FN6O/c23-18-12-15(16-13-25-26-14-16)6-7-20(18)29-11-9-21(30)22(28-29)19(8-10-24)27-17-4-2-1-3-5-17/h1-7,9-14,24H,8H2,(H,25,26). The van der Waals surface area contributed by atoms with Gasteiger partial charge in [0, 0.05) is 36.7 Å². The van der Waals surface area contributed by atoms with E-state index in [9.17, 15) is 9.18 Å². The van der Waals surface area contributed by atoms with Crippen LogP contribution in [-0.4, -0.2) is 31.9 Å². The van der Waals surface area contributed by atoms with E-state index in [1.165, 1.54) is 23.0 Å². The van der Waals surface area contributed by atoms with Crippen LogP contribution < -0.4 is 5.43 Å². The summed E-state index contributed by atoms with van der Waals surface area (Å²) in [5.74, 6) is -0.496. The highest BCUT2D eigenvalue weighted by molar-refractivity contribution is 6.06. The third-order valence-corrected chi connectivity index (χ3v) is 4.42. The predicted octanol–water partition coefficient (Wildman–Crippen LogP) is 3.92. The van der Waals surface area contributed by atoms with Gasteiger partial charge in [0.25, 0.3) is 0 Å². The van der Waals surface area contributed by atoms with Gasteiger partial charge in [0.2, 0.25) is 5.43 Å². The number of hydrogen-bond acceptors (Lipinski definition) is 5. The largest absolute Gasteiger partial charge is 0.313 e. The smallest absolute Gasteiger partial charge is 0.209 e. The lowest BCUT2D eigenvalue weighted by atomic mass is 10.1. The maximum absolute atomic E-state index is 14.8. The Labute approximate surface area is 171 Å². The minimum absolute atomic E-state index is 0.0724. The van der Waals surface area contributed by atoms with E-state index in [0.29, 0.717) is 17.0 Å².